The maximum atomic E-state index is 13.3. The average molecular weight is 498 g/mol. The number of carbonyl (C=O) groups is 2. The van der Waals surface area contributed by atoms with Crippen molar-refractivity contribution < 1.29 is 23.8 Å². The number of amides is 2. The van der Waals surface area contributed by atoms with Gasteiger partial charge in [0.2, 0.25) is 0 Å². The molecule has 3 aliphatic rings. The van der Waals surface area contributed by atoms with Crippen LogP contribution in [-0.2, 0) is 17.6 Å². The van der Waals surface area contributed by atoms with Crippen molar-refractivity contribution in [2.45, 2.75) is 56.7 Å². The van der Waals surface area contributed by atoms with Gasteiger partial charge in [-0.1, -0.05) is 17.7 Å². The molecule has 0 spiro atoms. The van der Waals surface area contributed by atoms with Gasteiger partial charge >= 0.3 is 6.09 Å². The van der Waals surface area contributed by atoms with E-state index in [4.69, 9.17) is 25.8 Å². The molecule has 0 aromatic heterocycles. The van der Waals surface area contributed by atoms with Crippen LogP contribution >= 0.6 is 11.6 Å². The number of benzene rings is 2. The van der Waals surface area contributed by atoms with Crippen LogP contribution in [0, 0.1) is 11.3 Å². The Bertz CT molecular complexity index is 1140. The van der Waals surface area contributed by atoms with Gasteiger partial charge in [0.25, 0.3) is 5.91 Å². The Hall–Kier alpha value is -3.44. The molecule has 35 heavy (non-hydrogen) atoms. The Balaban J connectivity index is 1.61. The third-order valence-electron chi connectivity index (χ3n) is 6.17. The highest BCUT2D eigenvalue weighted by molar-refractivity contribution is 6.32. The summed E-state index contributed by atoms with van der Waals surface area (Å²) in [5.41, 5.74) is 1.21. The number of alkyl carbamates (subject to hydrolysis) is 1. The number of methoxy groups -OCH3 is 1. The summed E-state index contributed by atoms with van der Waals surface area (Å²) >= 11 is 6.40. The molecule has 0 radical (unpaired) electrons. The molecule has 8 nitrogen and oxygen atoms in total. The van der Waals surface area contributed by atoms with Gasteiger partial charge in [-0.3, -0.25) is 4.79 Å². The van der Waals surface area contributed by atoms with E-state index < -0.39 is 17.9 Å². The number of ether oxygens (including phenoxy) is 3. The van der Waals surface area contributed by atoms with Crippen LogP contribution in [0.4, 0.5) is 4.79 Å². The van der Waals surface area contributed by atoms with Crippen LogP contribution < -0.4 is 20.1 Å². The van der Waals surface area contributed by atoms with E-state index in [0.29, 0.717) is 48.0 Å². The van der Waals surface area contributed by atoms with E-state index in [1.807, 2.05) is 12.1 Å². The fourth-order valence-corrected chi connectivity index (χ4v) is 4.25. The van der Waals surface area contributed by atoms with E-state index in [0.717, 1.165) is 30.4 Å². The second-order valence-electron chi connectivity index (χ2n) is 8.84. The second-order valence-corrected chi connectivity index (χ2v) is 9.24. The van der Waals surface area contributed by atoms with Gasteiger partial charge < -0.3 is 24.8 Å². The summed E-state index contributed by atoms with van der Waals surface area (Å²) in [5.74, 6) is 0.892. The van der Waals surface area contributed by atoms with Crippen molar-refractivity contribution in [3.63, 3.8) is 0 Å². The van der Waals surface area contributed by atoms with E-state index in [1.165, 1.54) is 0 Å². The summed E-state index contributed by atoms with van der Waals surface area (Å²) < 4.78 is 16.7. The third kappa shape index (κ3) is 6.37. The van der Waals surface area contributed by atoms with Crippen LogP contribution in [0.25, 0.3) is 0 Å². The van der Waals surface area contributed by atoms with Gasteiger partial charge in [-0.15, -0.1) is 0 Å². The molecule has 1 atom stereocenters. The number of hydrogen-bond acceptors (Lipinski definition) is 6. The molecule has 2 N–H and O–H groups in total. The predicted octanol–water partition coefficient (Wildman–Crippen LogP) is 4.53. The number of nitriles is 1. The van der Waals surface area contributed by atoms with Crippen LogP contribution in [0.5, 0.6) is 11.5 Å². The molecule has 1 aliphatic carbocycles. The van der Waals surface area contributed by atoms with E-state index in [2.05, 4.69) is 16.7 Å². The van der Waals surface area contributed by atoms with E-state index in [9.17, 15) is 14.9 Å². The van der Waals surface area contributed by atoms with Crippen LogP contribution in [0.2, 0.25) is 5.02 Å². The number of nitrogens with zero attached hydrogens (tertiary/aromatic N) is 1. The first kappa shape index (κ1) is 24.7. The number of nitrogens with one attached hydrogen (secondary N) is 2. The minimum atomic E-state index is -0.984. The highest BCUT2D eigenvalue weighted by Gasteiger charge is 2.45. The molecule has 1 saturated carbocycles. The Morgan fingerprint density at radius 2 is 2.06 bits per heavy atom. The predicted molar refractivity (Wildman–Crippen MR) is 130 cm³/mol. The lowest BCUT2D eigenvalue weighted by Crippen LogP contribution is -2.45. The lowest BCUT2D eigenvalue weighted by Gasteiger charge is -2.22. The standard InChI is InChI=1S/C26H28ClN3O5/c1-33-19-7-8-20-18(15-19)5-3-2-4-12-34-22-9-6-17(13-21(22)27)14-23(29-24(20)31)35-25(32)30-26(16-28)10-11-26/h6-9,13,15,23H,2-5,10-12,14H2,1H3,(H,29,31)(H,30,32)/t23-/m0/s1. The number of carbonyl (C=O) groups excluding carboxylic acids is 2. The minimum Gasteiger partial charge on any atom is -0.497 e. The van der Waals surface area contributed by atoms with Crippen molar-refractivity contribution in [3.8, 4) is 17.6 Å². The highest BCUT2D eigenvalue weighted by atomic mass is 35.5. The largest absolute Gasteiger partial charge is 0.497 e. The Morgan fingerprint density at radius 1 is 1.23 bits per heavy atom. The molecule has 184 valence electrons. The quantitative estimate of drug-likeness (QED) is 0.644. The Kier molecular flexibility index (Phi) is 7.67. The van der Waals surface area contributed by atoms with Crippen molar-refractivity contribution in [1.29, 1.82) is 5.26 Å². The zero-order valence-electron chi connectivity index (χ0n) is 19.6. The molecule has 2 heterocycles. The van der Waals surface area contributed by atoms with Gasteiger partial charge in [-0.05, 0) is 80.0 Å². The molecule has 2 aliphatic heterocycles. The topological polar surface area (TPSA) is 110 Å². The maximum absolute atomic E-state index is 13.3. The van der Waals surface area contributed by atoms with Crippen molar-refractivity contribution in [3.05, 3.63) is 58.1 Å². The number of fused-ring (bicyclic) bond motifs is 10. The van der Waals surface area contributed by atoms with E-state index in [-0.39, 0.29) is 12.3 Å². The summed E-state index contributed by atoms with van der Waals surface area (Å²) in [7, 11) is 1.58. The van der Waals surface area contributed by atoms with Crippen LogP contribution in [0.3, 0.4) is 0 Å². The number of rotatable bonds is 3. The molecular weight excluding hydrogens is 470 g/mol. The van der Waals surface area contributed by atoms with Gasteiger partial charge in [-0.25, -0.2) is 4.79 Å². The molecule has 5 rings (SSSR count). The molecule has 2 aromatic rings. The molecule has 2 bridgehead atoms. The van der Waals surface area contributed by atoms with Gasteiger partial charge in [0, 0.05) is 12.0 Å². The van der Waals surface area contributed by atoms with Gasteiger partial charge in [-0.2, -0.15) is 5.26 Å². The Labute approximate surface area is 209 Å². The first-order chi connectivity index (χ1) is 16.9. The van der Waals surface area contributed by atoms with Gasteiger partial charge in [0.1, 0.15) is 17.0 Å². The monoisotopic (exact) mass is 497 g/mol. The van der Waals surface area contributed by atoms with Crippen LogP contribution in [0.1, 0.15) is 53.6 Å². The molecule has 2 aromatic carbocycles. The van der Waals surface area contributed by atoms with Crippen LogP contribution in [-0.4, -0.2) is 37.5 Å². The van der Waals surface area contributed by atoms with Crippen molar-refractivity contribution in [1.82, 2.24) is 10.6 Å². The molecule has 1 fully saturated rings. The lowest BCUT2D eigenvalue weighted by molar-refractivity contribution is 0.0623. The SMILES string of the molecule is COc1ccc2c(c1)CCCCCOc1ccc(cc1Cl)C[C@H](OC(=O)NC1(C#N)CC1)NC2=O. The highest BCUT2D eigenvalue weighted by Crippen LogP contribution is 2.34. The normalized spacial score (nSPS) is 19.3. The zero-order chi connectivity index (χ0) is 24.8. The summed E-state index contributed by atoms with van der Waals surface area (Å²) in [5, 5.41) is 15.2. The van der Waals surface area contributed by atoms with Gasteiger partial charge in [0.05, 0.1) is 24.8 Å². The first-order valence-corrected chi connectivity index (χ1v) is 12.1. The van der Waals surface area contributed by atoms with Crippen LogP contribution in [0.15, 0.2) is 36.4 Å². The van der Waals surface area contributed by atoms with Crippen molar-refractivity contribution in [2.75, 3.05) is 13.7 Å². The smallest absolute Gasteiger partial charge is 0.410 e. The fourth-order valence-electron chi connectivity index (χ4n) is 3.99. The van der Waals surface area contributed by atoms with E-state index in [1.54, 1.807) is 31.4 Å². The van der Waals surface area contributed by atoms with Crippen molar-refractivity contribution in [2.24, 2.45) is 0 Å². The molecule has 9 heteroatoms. The summed E-state index contributed by atoms with van der Waals surface area (Å²) in [6.07, 6.45) is 2.91. The molecule has 2 amide bonds. The van der Waals surface area contributed by atoms with Gasteiger partial charge in [0.15, 0.2) is 6.23 Å². The van der Waals surface area contributed by atoms with Crippen molar-refractivity contribution >= 4 is 23.6 Å². The first-order valence-electron chi connectivity index (χ1n) is 11.7. The zero-order valence-corrected chi connectivity index (χ0v) is 20.3. The third-order valence-corrected chi connectivity index (χ3v) is 6.46. The lowest BCUT2D eigenvalue weighted by atomic mass is 10.00. The Morgan fingerprint density at radius 3 is 2.77 bits per heavy atom. The number of hydrogen-bond donors (Lipinski definition) is 2. The molecular formula is C26H28ClN3O5. The fraction of sp³-hybridized carbons (Fsp3) is 0.423. The molecule has 0 unspecified atom stereocenters. The minimum absolute atomic E-state index is 0.185. The summed E-state index contributed by atoms with van der Waals surface area (Å²) in [4.78, 5) is 25.8. The molecule has 0 saturated heterocycles. The second kappa shape index (κ2) is 10.9. The number of halogens is 1. The number of aryl methyl sites for hydroxylation is 1. The summed E-state index contributed by atoms with van der Waals surface area (Å²) in [6.45, 7) is 0.539. The summed E-state index contributed by atoms with van der Waals surface area (Å²) in [6, 6.07) is 12.7. The average Bonchev–Trinajstić information content (AvgIpc) is 3.61. The van der Waals surface area contributed by atoms with E-state index >= 15 is 0 Å². The maximum Gasteiger partial charge on any atom is 0.410 e.